The van der Waals surface area contributed by atoms with Crippen LogP contribution in [0.5, 0.6) is 0 Å². The van der Waals surface area contributed by atoms with Crippen LogP contribution in [0.4, 0.5) is 13.2 Å². The van der Waals surface area contributed by atoms with E-state index >= 15 is 0 Å². The average Bonchev–Trinajstić information content (AvgIpc) is 2.79. The molecule has 0 atom stereocenters. The summed E-state index contributed by atoms with van der Waals surface area (Å²) in [6.07, 6.45) is -4.61. The smallest absolute Gasteiger partial charge is 0.384 e. The largest absolute Gasteiger partial charge is 0.402 e. The van der Waals surface area contributed by atoms with Crippen molar-refractivity contribution in [1.29, 1.82) is 0 Å². The van der Waals surface area contributed by atoms with Gasteiger partial charge in [0, 0.05) is 22.4 Å². The van der Waals surface area contributed by atoms with Gasteiger partial charge in [0.15, 0.2) is 0 Å². The highest BCUT2D eigenvalue weighted by Crippen LogP contribution is 2.14. The first-order valence-electron chi connectivity index (χ1n) is 5.20. The van der Waals surface area contributed by atoms with Crippen molar-refractivity contribution in [1.82, 2.24) is 9.44 Å². The van der Waals surface area contributed by atoms with Crippen LogP contribution in [0.1, 0.15) is 10.4 Å². The van der Waals surface area contributed by atoms with Crippen LogP contribution in [0.2, 0.25) is 0 Å². The van der Waals surface area contributed by atoms with Crippen LogP contribution in [0, 0.1) is 11.8 Å². The summed E-state index contributed by atoms with van der Waals surface area (Å²) in [6.45, 7) is -2.06. The van der Waals surface area contributed by atoms with Crippen LogP contribution in [0.3, 0.4) is 0 Å². The van der Waals surface area contributed by atoms with Gasteiger partial charge in [-0.25, -0.2) is 0 Å². The Morgan fingerprint density at radius 3 is 2.65 bits per heavy atom. The van der Waals surface area contributed by atoms with Gasteiger partial charge < -0.3 is 5.11 Å². The first-order valence-corrected chi connectivity index (χ1v) is 7.56. The Morgan fingerprint density at radius 1 is 1.35 bits per heavy atom. The molecule has 5 nitrogen and oxygen atoms in total. The molecule has 0 aromatic carbocycles. The van der Waals surface area contributed by atoms with Crippen molar-refractivity contribution < 1.29 is 26.7 Å². The number of halogens is 3. The van der Waals surface area contributed by atoms with Gasteiger partial charge in [-0.1, -0.05) is 11.8 Å². The molecule has 0 amide bonds. The van der Waals surface area contributed by atoms with Crippen LogP contribution < -0.4 is 9.44 Å². The Bertz CT molecular complexity index is 599. The van der Waals surface area contributed by atoms with Crippen LogP contribution >= 0.6 is 11.3 Å². The molecule has 20 heavy (non-hydrogen) atoms. The maximum atomic E-state index is 11.9. The molecule has 0 aliphatic rings. The molecule has 0 saturated carbocycles. The Hall–Kier alpha value is -1.12. The van der Waals surface area contributed by atoms with Crippen molar-refractivity contribution >= 4 is 21.5 Å². The predicted molar refractivity (Wildman–Crippen MR) is 68.1 cm³/mol. The molecule has 0 saturated heterocycles. The molecule has 0 bridgehead atoms. The van der Waals surface area contributed by atoms with Crippen LogP contribution in [-0.2, 0) is 16.8 Å². The minimum Gasteiger partial charge on any atom is -0.384 e. The molecule has 0 radical (unpaired) electrons. The molecule has 1 heterocycles. The molecule has 3 N–H and O–H groups in total. The molecular formula is C10H11F3N2O3S2. The van der Waals surface area contributed by atoms with E-state index in [2.05, 4.69) is 11.8 Å². The summed E-state index contributed by atoms with van der Waals surface area (Å²) in [4.78, 5) is 0.588. The van der Waals surface area contributed by atoms with Gasteiger partial charge in [-0.2, -0.15) is 31.0 Å². The van der Waals surface area contributed by atoms with Gasteiger partial charge >= 0.3 is 6.18 Å². The Kier molecular flexibility index (Phi) is 5.97. The van der Waals surface area contributed by atoms with Gasteiger partial charge in [0.1, 0.15) is 13.2 Å². The summed E-state index contributed by atoms with van der Waals surface area (Å²) in [5.41, 5.74) is 0.599. The molecule has 1 aromatic rings. The number of aliphatic hydroxyl groups is 1. The molecule has 1 rings (SSSR count). The van der Waals surface area contributed by atoms with E-state index in [0.29, 0.717) is 10.4 Å². The third kappa shape index (κ3) is 6.88. The van der Waals surface area contributed by atoms with E-state index in [0.717, 1.165) is 0 Å². The molecule has 1 aromatic heterocycles. The Morgan fingerprint density at radius 2 is 2.05 bits per heavy atom. The Labute approximate surface area is 118 Å². The number of rotatable bonds is 5. The fraction of sp³-hybridized carbons (Fsp3) is 0.400. The summed E-state index contributed by atoms with van der Waals surface area (Å²) < 4.78 is 61.5. The molecule has 0 unspecified atom stereocenters. The molecule has 10 heteroatoms. The van der Waals surface area contributed by atoms with Gasteiger partial charge in [0.05, 0.1) is 0 Å². The monoisotopic (exact) mass is 328 g/mol. The zero-order chi connectivity index (χ0) is 15.2. The highest BCUT2D eigenvalue weighted by atomic mass is 32.2. The van der Waals surface area contributed by atoms with Crippen molar-refractivity contribution in [3.8, 4) is 11.8 Å². The standard InChI is InChI=1S/C10H11F3N2O3S2/c11-10(12,13)7-15-20(17,18)14-5-9-4-8(6-19-9)2-1-3-16/h4,6,14-16H,3,5,7H2. The third-order valence-electron chi connectivity index (χ3n) is 1.86. The lowest BCUT2D eigenvalue weighted by Crippen LogP contribution is -2.41. The molecule has 112 valence electrons. The zero-order valence-electron chi connectivity index (χ0n) is 9.99. The first-order chi connectivity index (χ1) is 9.22. The molecule has 0 fully saturated rings. The number of hydrogen-bond acceptors (Lipinski definition) is 4. The van der Waals surface area contributed by atoms with Gasteiger partial charge in [-0.05, 0) is 6.07 Å². The van der Waals surface area contributed by atoms with Crippen LogP contribution in [-0.4, -0.2) is 32.9 Å². The second-order valence-electron chi connectivity index (χ2n) is 3.52. The number of thiophene rings is 1. The minimum atomic E-state index is -4.61. The van der Waals surface area contributed by atoms with Crippen molar-refractivity contribution in [2.75, 3.05) is 13.2 Å². The summed E-state index contributed by atoms with van der Waals surface area (Å²) in [5.74, 6) is 5.05. The number of nitrogens with one attached hydrogen (secondary N) is 2. The van der Waals surface area contributed by atoms with E-state index in [-0.39, 0.29) is 13.2 Å². The van der Waals surface area contributed by atoms with Crippen molar-refractivity contribution in [2.24, 2.45) is 0 Å². The van der Waals surface area contributed by atoms with E-state index in [1.807, 2.05) is 4.72 Å². The van der Waals surface area contributed by atoms with E-state index in [1.165, 1.54) is 16.1 Å². The van der Waals surface area contributed by atoms with Crippen molar-refractivity contribution in [2.45, 2.75) is 12.7 Å². The second kappa shape index (κ2) is 7.05. The highest BCUT2D eigenvalue weighted by molar-refractivity contribution is 7.87. The van der Waals surface area contributed by atoms with Gasteiger partial charge in [0.25, 0.3) is 10.2 Å². The Balaban J connectivity index is 2.52. The van der Waals surface area contributed by atoms with Gasteiger partial charge in [0.2, 0.25) is 0 Å². The SMILES string of the molecule is O=S(=O)(NCc1cc(C#CCO)cs1)NCC(F)(F)F. The molecule has 0 aliphatic carbocycles. The normalized spacial score (nSPS) is 12.0. The second-order valence-corrected chi connectivity index (χ2v) is 6.10. The lowest BCUT2D eigenvalue weighted by Gasteiger charge is -2.09. The summed E-state index contributed by atoms with van der Waals surface area (Å²) >= 11 is 1.20. The van der Waals surface area contributed by atoms with E-state index in [9.17, 15) is 21.6 Å². The topological polar surface area (TPSA) is 78.4 Å². The quantitative estimate of drug-likeness (QED) is 0.692. The predicted octanol–water partition coefficient (Wildman–Crippen LogP) is 0.578. The number of aliphatic hydroxyl groups excluding tert-OH is 1. The highest BCUT2D eigenvalue weighted by Gasteiger charge is 2.29. The maximum Gasteiger partial charge on any atom is 0.402 e. The first kappa shape index (κ1) is 16.9. The minimum absolute atomic E-state index is 0.140. The molecular weight excluding hydrogens is 317 g/mol. The summed E-state index contributed by atoms with van der Waals surface area (Å²) in [5, 5.41) is 10.2. The van der Waals surface area contributed by atoms with E-state index < -0.39 is 22.9 Å². The van der Waals surface area contributed by atoms with Crippen LogP contribution in [0.15, 0.2) is 11.4 Å². The summed E-state index contributed by atoms with van der Waals surface area (Å²) in [7, 11) is -4.21. The molecule has 0 aliphatic heterocycles. The van der Waals surface area contributed by atoms with Gasteiger partial charge in [-0.3, -0.25) is 0 Å². The maximum absolute atomic E-state index is 11.9. The lowest BCUT2D eigenvalue weighted by atomic mass is 10.3. The third-order valence-corrected chi connectivity index (χ3v) is 3.85. The van der Waals surface area contributed by atoms with E-state index in [1.54, 1.807) is 11.4 Å². The lowest BCUT2D eigenvalue weighted by molar-refractivity contribution is -0.121. The van der Waals surface area contributed by atoms with Crippen molar-refractivity contribution in [3.63, 3.8) is 0 Å². The average molecular weight is 328 g/mol. The zero-order valence-corrected chi connectivity index (χ0v) is 11.6. The molecule has 0 spiro atoms. The van der Waals surface area contributed by atoms with Crippen LogP contribution in [0.25, 0.3) is 0 Å². The fourth-order valence-corrected chi connectivity index (χ4v) is 2.72. The number of alkyl halides is 3. The van der Waals surface area contributed by atoms with Gasteiger partial charge in [-0.15, -0.1) is 11.3 Å². The van der Waals surface area contributed by atoms with Crippen molar-refractivity contribution in [3.05, 3.63) is 21.9 Å². The number of hydrogen-bond donors (Lipinski definition) is 3. The van der Waals surface area contributed by atoms with E-state index in [4.69, 9.17) is 5.11 Å². The fourth-order valence-electron chi connectivity index (χ4n) is 1.07. The summed E-state index contributed by atoms with van der Waals surface area (Å²) in [6, 6.07) is 1.58.